The first-order chi connectivity index (χ1) is 12.3. The summed E-state index contributed by atoms with van der Waals surface area (Å²) in [7, 11) is 0. The van der Waals surface area contributed by atoms with Gasteiger partial charge in [-0.15, -0.1) is 0 Å². The van der Waals surface area contributed by atoms with Gasteiger partial charge in [0.05, 0.1) is 10.2 Å². The normalized spacial score (nSPS) is 28.6. The van der Waals surface area contributed by atoms with E-state index in [0.29, 0.717) is 17.6 Å². The highest BCUT2D eigenvalue weighted by atomic mass is 32.1. The second-order valence-corrected chi connectivity index (χ2v) is 8.29. The van der Waals surface area contributed by atoms with Crippen LogP contribution in [0, 0.1) is 0 Å². The first kappa shape index (κ1) is 15.5. The van der Waals surface area contributed by atoms with Crippen LogP contribution in [-0.2, 0) is 0 Å². The standard InChI is InChI=1S/C18H23N5OS/c24-17(21-14-10-12-2-3-13(14)20-12)11-1-4-16-15(9-11)22-18(25-16)23-7-5-19-6-8-23/h1,4,9,12-14,19-20H,2-3,5-8,10H2,(H,21,24)/t12-,13+,14-/m1/s1. The highest BCUT2D eigenvalue weighted by molar-refractivity contribution is 7.22. The van der Waals surface area contributed by atoms with Crippen molar-refractivity contribution in [2.45, 2.75) is 37.4 Å². The van der Waals surface area contributed by atoms with Crippen molar-refractivity contribution in [3.8, 4) is 0 Å². The summed E-state index contributed by atoms with van der Waals surface area (Å²) in [6, 6.07) is 7.22. The van der Waals surface area contributed by atoms with Crippen molar-refractivity contribution in [2.24, 2.45) is 0 Å². The quantitative estimate of drug-likeness (QED) is 0.773. The summed E-state index contributed by atoms with van der Waals surface area (Å²) >= 11 is 1.71. The second kappa shape index (κ2) is 6.23. The fourth-order valence-corrected chi connectivity index (χ4v) is 5.28. The fraction of sp³-hybridized carbons (Fsp3) is 0.556. The van der Waals surface area contributed by atoms with Crippen LogP contribution in [0.1, 0.15) is 29.6 Å². The van der Waals surface area contributed by atoms with E-state index in [4.69, 9.17) is 4.98 Å². The second-order valence-electron chi connectivity index (χ2n) is 7.28. The number of nitrogens with one attached hydrogen (secondary N) is 3. The SMILES string of the molecule is O=C(N[C@@H]1C[C@H]2CC[C@@H]1N2)c1ccc2sc(N3CCNCC3)nc2c1. The lowest BCUT2D eigenvalue weighted by Gasteiger charge is -2.26. The monoisotopic (exact) mass is 357 g/mol. The minimum absolute atomic E-state index is 0.0259. The van der Waals surface area contributed by atoms with E-state index in [1.165, 1.54) is 12.8 Å². The first-order valence-electron chi connectivity index (χ1n) is 9.19. The Hall–Kier alpha value is -1.70. The molecule has 5 rings (SSSR count). The van der Waals surface area contributed by atoms with Crippen molar-refractivity contribution in [3.63, 3.8) is 0 Å². The number of carbonyl (C=O) groups excluding carboxylic acids is 1. The van der Waals surface area contributed by atoms with Gasteiger partial charge >= 0.3 is 0 Å². The van der Waals surface area contributed by atoms with Gasteiger partial charge in [-0.25, -0.2) is 4.98 Å². The zero-order valence-electron chi connectivity index (χ0n) is 14.1. The highest BCUT2D eigenvalue weighted by Gasteiger charge is 2.39. The first-order valence-corrected chi connectivity index (χ1v) is 10.0. The van der Waals surface area contributed by atoms with E-state index < -0.39 is 0 Å². The molecule has 25 heavy (non-hydrogen) atoms. The van der Waals surface area contributed by atoms with Gasteiger partial charge in [0.1, 0.15) is 0 Å². The zero-order valence-corrected chi connectivity index (χ0v) is 14.9. The summed E-state index contributed by atoms with van der Waals surface area (Å²) in [5, 5.41) is 11.2. The molecule has 3 fully saturated rings. The van der Waals surface area contributed by atoms with Crippen molar-refractivity contribution in [1.82, 2.24) is 20.9 Å². The van der Waals surface area contributed by atoms with Crippen molar-refractivity contribution < 1.29 is 4.79 Å². The maximum atomic E-state index is 12.6. The molecule has 2 bridgehead atoms. The number of hydrogen-bond donors (Lipinski definition) is 3. The smallest absolute Gasteiger partial charge is 0.251 e. The summed E-state index contributed by atoms with van der Waals surface area (Å²) in [5.74, 6) is 0.0259. The molecule has 3 aliphatic heterocycles. The van der Waals surface area contributed by atoms with Crippen LogP contribution in [0.3, 0.4) is 0 Å². The lowest BCUT2D eigenvalue weighted by molar-refractivity contribution is 0.0931. The van der Waals surface area contributed by atoms with Crippen molar-refractivity contribution in [1.29, 1.82) is 0 Å². The molecule has 2 aromatic rings. The van der Waals surface area contributed by atoms with E-state index in [1.807, 2.05) is 18.2 Å². The Morgan fingerprint density at radius 1 is 1.28 bits per heavy atom. The molecule has 6 nitrogen and oxygen atoms in total. The zero-order chi connectivity index (χ0) is 16.8. The molecule has 1 aromatic heterocycles. The van der Waals surface area contributed by atoms with Gasteiger partial charge in [-0.3, -0.25) is 4.79 Å². The third kappa shape index (κ3) is 2.90. The molecule has 0 saturated carbocycles. The Labute approximate surface area is 151 Å². The summed E-state index contributed by atoms with van der Waals surface area (Å²) in [4.78, 5) is 19.7. The lowest BCUT2D eigenvalue weighted by atomic mass is 9.95. The number of benzene rings is 1. The van der Waals surface area contributed by atoms with E-state index in [9.17, 15) is 4.79 Å². The summed E-state index contributed by atoms with van der Waals surface area (Å²) in [6.45, 7) is 3.98. The van der Waals surface area contributed by atoms with Crippen LogP contribution in [0.5, 0.6) is 0 Å². The number of thiazole rings is 1. The number of nitrogens with zero attached hydrogens (tertiary/aromatic N) is 2. The summed E-state index contributed by atoms with van der Waals surface area (Å²) < 4.78 is 1.15. The third-order valence-corrected chi connectivity index (χ3v) is 6.74. The van der Waals surface area contributed by atoms with Gasteiger partial charge in [-0.1, -0.05) is 11.3 Å². The van der Waals surface area contributed by atoms with E-state index in [1.54, 1.807) is 11.3 Å². The Morgan fingerprint density at radius 3 is 2.92 bits per heavy atom. The van der Waals surface area contributed by atoms with Crippen molar-refractivity contribution in [3.05, 3.63) is 23.8 Å². The van der Waals surface area contributed by atoms with Crippen LogP contribution in [0.15, 0.2) is 18.2 Å². The van der Waals surface area contributed by atoms with Crippen LogP contribution < -0.4 is 20.9 Å². The lowest BCUT2D eigenvalue weighted by Crippen LogP contribution is -2.43. The number of fused-ring (bicyclic) bond motifs is 3. The van der Waals surface area contributed by atoms with E-state index >= 15 is 0 Å². The molecule has 3 aliphatic rings. The van der Waals surface area contributed by atoms with Crippen molar-refractivity contribution >= 4 is 32.6 Å². The van der Waals surface area contributed by atoms with Gasteiger partial charge in [-0.2, -0.15) is 0 Å². The van der Waals surface area contributed by atoms with Gasteiger partial charge in [0.2, 0.25) is 0 Å². The molecule has 3 N–H and O–H groups in total. The van der Waals surface area contributed by atoms with E-state index in [-0.39, 0.29) is 11.9 Å². The van der Waals surface area contributed by atoms with Gasteiger partial charge in [-0.05, 0) is 37.5 Å². The Bertz CT molecular complexity index is 800. The third-order valence-electron chi connectivity index (χ3n) is 5.64. The van der Waals surface area contributed by atoms with Gasteiger partial charge in [0.15, 0.2) is 5.13 Å². The average Bonchev–Trinajstić information content (AvgIpc) is 3.36. The number of aromatic nitrogens is 1. The molecule has 1 aromatic carbocycles. The molecule has 0 unspecified atom stereocenters. The predicted octanol–water partition coefficient (Wildman–Crippen LogP) is 1.33. The number of amides is 1. The highest BCUT2D eigenvalue weighted by Crippen LogP contribution is 2.31. The van der Waals surface area contributed by atoms with E-state index in [2.05, 4.69) is 20.9 Å². The van der Waals surface area contributed by atoms with Gasteiger partial charge < -0.3 is 20.9 Å². The van der Waals surface area contributed by atoms with Gasteiger partial charge in [0.25, 0.3) is 5.91 Å². The van der Waals surface area contributed by atoms with Crippen LogP contribution in [-0.4, -0.2) is 55.2 Å². The van der Waals surface area contributed by atoms with Crippen LogP contribution >= 0.6 is 11.3 Å². The molecule has 0 aliphatic carbocycles. The topological polar surface area (TPSA) is 69.3 Å². The number of carbonyl (C=O) groups is 1. The van der Waals surface area contributed by atoms with Crippen LogP contribution in [0.25, 0.3) is 10.2 Å². The minimum atomic E-state index is 0.0259. The maximum Gasteiger partial charge on any atom is 0.251 e. The Kier molecular flexibility index (Phi) is 3.87. The summed E-state index contributed by atoms with van der Waals surface area (Å²) in [6.07, 6.45) is 3.48. The molecular formula is C18H23N5OS. The molecule has 4 heterocycles. The largest absolute Gasteiger partial charge is 0.348 e. The minimum Gasteiger partial charge on any atom is -0.348 e. The average molecular weight is 357 g/mol. The van der Waals surface area contributed by atoms with Crippen LogP contribution in [0.4, 0.5) is 5.13 Å². The summed E-state index contributed by atoms with van der Waals surface area (Å²) in [5.41, 5.74) is 1.64. The molecule has 0 spiro atoms. The van der Waals surface area contributed by atoms with Crippen molar-refractivity contribution in [2.75, 3.05) is 31.1 Å². The van der Waals surface area contributed by atoms with Gasteiger partial charge in [0, 0.05) is 49.9 Å². The number of hydrogen-bond acceptors (Lipinski definition) is 6. The van der Waals surface area contributed by atoms with E-state index in [0.717, 1.165) is 47.9 Å². The molecule has 7 heteroatoms. The molecule has 1 amide bonds. The predicted molar refractivity (Wildman–Crippen MR) is 101 cm³/mol. The molecule has 0 radical (unpaired) electrons. The molecule has 132 valence electrons. The number of piperazine rings is 1. The number of rotatable bonds is 3. The van der Waals surface area contributed by atoms with Crippen LogP contribution in [0.2, 0.25) is 0 Å². The molecule has 3 saturated heterocycles. The Balaban J connectivity index is 1.34. The molecular weight excluding hydrogens is 334 g/mol. The Morgan fingerprint density at radius 2 is 2.16 bits per heavy atom. The molecule has 3 atom stereocenters. The fourth-order valence-electron chi connectivity index (χ4n) is 4.28. The number of anilines is 1. The maximum absolute atomic E-state index is 12.6.